The standard InChI is InChI=1S/C16H18N4O2/c21-11-15-5-1-3-13(19-15)9-17-7-8-18-10-14-4-2-6-16(12-22)20-14/h1-6,9-10,21-22H,7-8,11-12H2. The summed E-state index contributed by atoms with van der Waals surface area (Å²) >= 11 is 0. The van der Waals surface area contributed by atoms with Crippen molar-refractivity contribution in [3.63, 3.8) is 0 Å². The first-order valence-corrected chi connectivity index (χ1v) is 6.95. The summed E-state index contributed by atoms with van der Waals surface area (Å²) in [6, 6.07) is 10.8. The average Bonchev–Trinajstić information content (AvgIpc) is 2.58. The van der Waals surface area contributed by atoms with Crippen LogP contribution in [-0.2, 0) is 13.2 Å². The number of aliphatic hydroxyl groups excluding tert-OH is 2. The smallest absolute Gasteiger partial charge is 0.0853 e. The van der Waals surface area contributed by atoms with Crippen LogP contribution in [0.3, 0.4) is 0 Å². The normalized spacial score (nSPS) is 11.5. The summed E-state index contributed by atoms with van der Waals surface area (Å²) in [6.45, 7) is 0.931. The molecule has 0 bridgehead atoms. The van der Waals surface area contributed by atoms with Gasteiger partial charge in [-0.05, 0) is 24.3 Å². The van der Waals surface area contributed by atoms with Gasteiger partial charge >= 0.3 is 0 Å². The lowest BCUT2D eigenvalue weighted by molar-refractivity contribution is 0.276. The predicted octanol–water partition coefficient (Wildman–Crippen LogP) is 0.999. The van der Waals surface area contributed by atoms with Gasteiger partial charge < -0.3 is 10.2 Å². The molecule has 0 atom stereocenters. The van der Waals surface area contributed by atoms with Gasteiger partial charge in [-0.1, -0.05) is 12.1 Å². The van der Waals surface area contributed by atoms with Gasteiger partial charge in [0.2, 0.25) is 0 Å². The Morgan fingerprint density at radius 1 is 0.773 bits per heavy atom. The Morgan fingerprint density at radius 2 is 1.23 bits per heavy atom. The van der Waals surface area contributed by atoms with Gasteiger partial charge in [0.25, 0.3) is 0 Å². The summed E-state index contributed by atoms with van der Waals surface area (Å²) < 4.78 is 0. The maximum Gasteiger partial charge on any atom is 0.0853 e. The molecule has 0 aliphatic heterocycles. The van der Waals surface area contributed by atoms with E-state index in [0.717, 1.165) is 0 Å². The number of nitrogens with zero attached hydrogens (tertiary/aromatic N) is 4. The van der Waals surface area contributed by atoms with E-state index in [1.54, 1.807) is 24.6 Å². The Kier molecular flexibility index (Phi) is 6.35. The van der Waals surface area contributed by atoms with Gasteiger partial charge in [0.05, 0.1) is 49.1 Å². The third kappa shape index (κ3) is 5.16. The quantitative estimate of drug-likeness (QED) is 0.589. The van der Waals surface area contributed by atoms with Crippen LogP contribution in [-0.4, -0.2) is 45.7 Å². The minimum Gasteiger partial charge on any atom is -0.390 e. The minimum atomic E-state index is -0.0775. The molecule has 0 radical (unpaired) electrons. The van der Waals surface area contributed by atoms with Crippen molar-refractivity contribution in [3.05, 3.63) is 59.2 Å². The van der Waals surface area contributed by atoms with Gasteiger partial charge in [-0.25, -0.2) is 9.97 Å². The molecule has 2 aromatic rings. The molecule has 0 unspecified atom stereocenters. The van der Waals surface area contributed by atoms with Crippen molar-refractivity contribution in [3.8, 4) is 0 Å². The van der Waals surface area contributed by atoms with Gasteiger partial charge in [-0.2, -0.15) is 0 Å². The molecule has 2 N–H and O–H groups in total. The largest absolute Gasteiger partial charge is 0.390 e. The van der Waals surface area contributed by atoms with E-state index < -0.39 is 0 Å². The van der Waals surface area contributed by atoms with Crippen LogP contribution >= 0.6 is 0 Å². The number of aromatic nitrogens is 2. The fourth-order valence-corrected chi connectivity index (χ4v) is 1.75. The van der Waals surface area contributed by atoms with Crippen LogP contribution in [0.2, 0.25) is 0 Å². The zero-order valence-corrected chi connectivity index (χ0v) is 12.1. The second kappa shape index (κ2) is 8.76. The Balaban J connectivity index is 1.80. The summed E-state index contributed by atoms with van der Waals surface area (Å²) in [6.07, 6.45) is 3.33. The second-order valence-electron chi connectivity index (χ2n) is 4.49. The van der Waals surface area contributed by atoms with Gasteiger partial charge in [0, 0.05) is 12.4 Å². The summed E-state index contributed by atoms with van der Waals surface area (Å²) in [4.78, 5) is 16.9. The van der Waals surface area contributed by atoms with E-state index in [-0.39, 0.29) is 13.2 Å². The Bertz CT molecular complexity index is 599. The lowest BCUT2D eigenvalue weighted by Crippen LogP contribution is -1.96. The SMILES string of the molecule is OCc1cccc(C=NCCN=Cc2cccc(CO)n2)n1. The molecule has 114 valence electrons. The van der Waals surface area contributed by atoms with E-state index in [9.17, 15) is 0 Å². The van der Waals surface area contributed by atoms with Crippen LogP contribution in [0.25, 0.3) is 0 Å². The zero-order valence-electron chi connectivity index (χ0n) is 12.1. The summed E-state index contributed by atoms with van der Waals surface area (Å²) in [5.41, 5.74) is 2.68. The van der Waals surface area contributed by atoms with E-state index in [1.807, 2.05) is 24.3 Å². The highest BCUT2D eigenvalue weighted by Gasteiger charge is 1.94. The second-order valence-corrected chi connectivity index (χ2v) is 4.49. The van der Waals surface area contributed by atoms with Crippen molar-refractivity contribution in [2.45, 2.75) is 13.2 Å². The van der Waals surface area contributed by atoms with E-state index in [2.05, 4.69) is 20.0 Å². The highest BCUT2D eigenvalue weighted by atomic mass is 16.3. The van der Waals surface area contributed by atoms with Crippen molar-refractivity contribution in [1.82, 2.24) is 9.97 Å². The summed E-state index contributed by atoms with van der Waals surface area (Å²) in [5.74, 6) is 0. The topological polar surface area (TPSA) is 91.0 Å². The van der Waals surface area contributed by atoms with Gasteiger partial charge in [0.1, 0.15) is 0 Å². The molecule has 2 heterocycles. The molecule has 0 saturated heterocycles. The molecule has 0 spiro atoms. The Labute approximate surface area is 128 Å². The fraction of sp³-hybridized carbons (Fsp3) is 0.250. The molecule has 0 fully saturated rings. The van der Waals surface area contributed by atoms with Crippen LogP contribution in [0.1, 0.15) is 22.8 Å². The molecule has 2 aromatic heterocycles. The van der Waals surface area contributed by atoms with Crippen molar-refractivity contribution in [2.75, 3.05) is 13.1 Å². The molecular weight excluding hydrogens is 280 g/mol. The number of hydrogen-bond donors (Lipinski definition) is 2. The first-order valence-electron chi connectivity index (χ1n) is 6.95. The van der Waals surface area contributed by atoms with E-state index in [4.69, 9.17) is 10.2 Å². The lowest BCUT2D eigenvalue weighted by atomic mass is 10.3. The van der Waals surface area contributed by atoms with Gasteiger partial charge in [-0.3, -0.25) is 9.98 Å². The van der Waals surface area contributed by atoms with Crippen molar-refractivity contribution in [2.24, 2.45) is 9.98 Å². The lowest BCUT2D eigenvalue weighted by Gasteiger charge is -1.97. The van der Waals surface area contributed by atoms with E-state index in [0.29, 0.717) is 35.9 Å². The number of pyridine rings is 2. The number of hydrogen-bond acceptors (Lipinski definition) is 6. The summed E-state index contributed by atoms with van der Waals surface area (Å²) in [7, 11) is 0. The van der Waals surface area contributed by atoms with Crippen molar-refractivity contribution < 1.29 is 10.2 Å². The van der Waals surface area contributed by atoms with Crippen molar-refractivity contribution in [1.29, 1.82) is 0 Å². The predicted molar refractivity (Wildman–Crippen MR) is 85.2 cm³/mol. The molecule has 2 rings (SSSR count). The minimum absolute atomic E-state index is 0.0775. The van der Waals surface area contributed by atoms with Crippen LogP contribution in [0.5, 0.6) is 0 Å². The van der Waals surface area contributed by atoms with Gasteiger partial charge in [0.15, 0.2) is 0 Å². The van der Waals surface area contributed by atoms with Crippen LogP contribution in [0, 0.1) is 0 Å². The first-order chi connectivity index (χ1) is 10.8. The molecule has 22 heavy (non-hydrogen) atoms. The summed E-state index contributed by atoms with van der Waals surface area (Å²) in [5, 5.41) is 18.0. The highest BCUT2D eigenvalue weighted by Crippen LogP contribution is 1.98. The Morgan fingerprint density at radius 3 is 1.64 bits per heavy atom. The number of rotatable bonds is 7. The molecule has 0 amide bonds. The monoisotopic (exact) mass is 298 g/mol. The third-order valence-corrected chi connectivity index (χ3v) is 2.79. The number of aliphatic imine (C=N–C) groups is 2. The van der Waals surface area contributed by atoms with E-state index >= 15 is 0 Å². The first kappa shape index (κ1) is 15.9. The maximum atomic E-state index is 9.00. The maximum absolute atomic E-state index is 9.00. The van der Waals surface area contributed by atoms with Crippen molar-refractivity contribution >= 4 is 12.4 Å². The van der Waals surface area contributed by atoms with Gasteiger partial charge in [-0.15, -0.1) is 0 Å². The number of aliphatic hydroxyl groups is 2. The highest BCUT2D eigenvalue weighted by molar-refractivity contribution is 5.77. The van der Waals surface area contributed by atoms with Crippen LogP contribution in [0.4, 0.5) is 0 Å². The molecular formula is C16H18N4O2. The van der Waals surface area contributed by atoms with Crippen LogP contribution < -0.4 is 0 Å². The van der Waals surface area contributed by atoms with Crippen LogP contribution in [0.15, 0.2) is 46.4 Å². The molecule has 0 aliphatic rings. The Hall–Kier alpha value is -2.44. The molecule has 0 saturated carbocycles. The zero-order chi connectivity index (χ0) is 15.6. The van der Waals surface area contributed by atoms with E-state index in [1.165, 1.54) is 0 Å². The molecule has 6 heteroatoms. The molecule has 0 aliphatic carbocycles. The third-order valence-electron chi connectivity index (χ3n) is 2.79. The average molecular weight is 298 g/mol. The molecule has 0 aromatic carbocycles. The fourth-order valence-electron chi connectivity index (χ4n) is 1.75. The molecule has 6 nitrogen and oxygen atoms in total.